The van der Waals surface area contributed by atoms with E-state index >= 15 is 0 Å². The van der Waals surface area contributed by atoms with Crippen LogP contribution in [0, 0.1) is 51.8 Å². The van der Waals surface area contributed by atoms with Crippen LogP contribution in [-0.2, 0) is 29.4 Å². The first-order valence-electron chi connectivity index (χ1n) is 37.7. The van der Waals surface area contributed by atoms with Crippen molar-refractivity contribution >= 4 is 44.5 Å². The van der Waals surface area contributed by atoms with Gasteiger partial charge in [-0.2, -0.15) is 0 Å². The molecule has 5 aromatic carbocycles. The van der Waals surface area contributed by atoms with Gasteiger partial charge in [-0.25, -0.2) is 4.98 Å². The van der Waals surface area contributed by atoms with Gasteiger partial charge < -0.3 is 61.3 Å². The molecule has 4 spiro atoms. The van der Waals surface area contributed by atoms with Gasteiger partial charge in [-0.3, -0.25) is 0 Å². The van der Waals surface area contributed by atoms with Crippen LogP contribution in [0.5, 0.6) is 28.7 Å². The number of hydrogen-bond donors (Lipinski definition) is 11. The second-order valence-electron chi connectivity index (χ2n) is 32.7. The zero-order valence-corrected chi connectivity index (χ0v) is 58.5. The highest BCUT2D eigenvalue weighted by atomic mass is 33.1. The summed E-state index contributed by atoms with van der Waals surface area (Å²) < 4.78 is 6.53. The highest BCUT2D eigenvalue weighted by Crippen LogP contribution is 2.81. The van der Waals surface area contributed by atoms with Crippen LogP contribution in [0.2, 0.25) is 0 Å². The number of aliphatic hydroxyl groups is 1. The van der Waals surface area contributed by atoms with Gasteiger partial charge in [0.2, 0.25) is 0 Å². The van der Waals surface area contributed by atoms with E-state index in [0.717, 1.165) is 81.7 Å². The van der Waals surface area contributed by atoms with Crippen LogP contribution < -0.4 is 16.0 Å². The topological polar surface area (TPSA) is 211 Å². The van der Waals surface area contributed by atoms with E-state index in [1.807, 2.05) is 18.5 Å². The van der Waals surface area contributed by atoms with Crippen LogP contribution in [0.25, 0.3) is 22.9 Å². The number of ether oxygens (including phenoxy) is 1. The molecule has 12 aliphatic rings. The SMILES string of the molecule is Oc1ccc(C=Cc2c(CCc3ccc(C4CC56CC7NC(C5)C(c5ccccc5)C=C7CNCC(c5c[nH]c(CC7CCOC8(CCCC8)C7)c5)CSSCC5CCC7CC6C(N4)C4(c6cnc[nH]6)C6C(O)C=CC8CCCC86CCC574)cc3)c(O)c(O)c3c(O)cccc23)cc1O. The largest absolute Gasteiger partial charge is 0.507 e. The molecular formula is C84H98N6O7S2. The Morgan fingerprint density at radius 1 is 0.687 bits per heavy atom. The Balaban J connectivity index is 0.739. The molecule has 8 bridgehead atoms. The van der Waals surface area contributed by atoms with Crippen molar-refractivity contribution in [2.75, 3.05) is 31.2 Å². The number of nitrogens with zero attached hydrogens (tertiary/aromatic N) is 1. The fraction of sp³-hybridized carbons (Fsp3) is 0.512. The van der Waals surface area contributed by atoms with Gasteiger partial charge in [0, 0.05) is 108 Å². The average molecular weight is 1370 g/mol. The predicted octanol–water partition coefficient (Wildman–Crippen LogP) is 15.8. The normalized spacial score (nSPS) is 36.1. The maximum Gasteiger partial charge on any atom is 0.169 e. The number of imidazole rings is 1. The number of benzene rings is 5. The van der Waals surface area contributed by atoms with Gasteiger partial charge in [-0.1, -0.05) is 144 Å². The number of hydrogen-bond acceptors (Lipinski definition) is 13. The van der Waals surface area contributed by atoms with Gasteiger partial charge in [-0.15, -0.1) is 0 Å². The van der Waals surface area contributed by atoms with E-state index in [1.54, 1.807) is 18.2 Å². The number of phenolic OH excluding ortho intramolecular Hbond substituents is 5. The lowest BCUT2D eigenvalue weighted by Crippen LogP contribution is -2.79. The molecule has 7 aromatic rings. The molecule has 5 saturated carbocycles. The number of phenols is 5. The minimum Gasteiger partial charge on any atom is -0.507 e. The molecule has 2 aromatic heterocycles. The summed E-state index contributed by atoms with van der Waals surface area (Å²) in [7, 11) is 4.26. The van der Waals surface area contributed by atoms with E-state index in [1.165, 1.54) is 122 Å². The smallest absolute Gasteiger partial charge is 0.169 e. The first kappa shape index (κ1) is 64.7. The minimum atomic E-state index is -0.598. The summed E-state index contributed by atoms with van der Waals surface area (Å²) in [6.45, 7) is 2.62. The Labute approximate surface area is 590 Å². The van der Waals surface area contributed by atoms with Gasteiger partial charge in [0.15, 0.2) is 23.0 Å². The lowest BCUT2D eigenvalue weighted by atomic mass is 9.30. The summed E-state index contributed by atoms with van der Waals surface area (Å²) in [6.07, 6.45) is 39.1. The van der Waals surface area contributed by atoms with Crippen molar-refractivity contribution in [3.05, 3.63) is 190 Å². The van der Waals surface area contributed by atoms with Gasteiger partial charge in [0.1, 0.15) is 5.75 Å². The molecular weight excluding hydrogens is 1270 g/mol. The number of rotatable bonds is 11. The van der Waals surface area contributed by atoms with Crippen molar-refractivity contribution in [3.8, 4) is 28.7 Å². The van der Waals surface area contributed by atoms with E-state index in [9.17, 15) is 30.6 Å². The number of piperidine rings is 2. The van der Waals surface area contributed by atoms with E-state index in [0.29, 0.717) is 70.4 Å². The third-order valence-electron chi connectivity index (χ3n) is 28.3. The van der Waals surface area contributed by atoms with Crippen LogP contribution >= 0.6 is 21.6 Å². The first-order valence-corrected chi connectivity index (χ1v) is 40.2. The van der Waals surface area contributed by atoms with Gasteiger partial charge in [0.25, 0.3) is 0 Å². The van der Waals surface area contributed by atoms with Crippen LogP contribution in [-0.4, -0.2) is 107 Å². The summed E-state index contributed by atoms with van der Waals surface area (Å²) in [4.78, 5) is 13.0. The molecule has 10 fully saturated rings. The third-order valence-corrected chi connectivity index (χ3v) is 30.9. The molecule has 0 radical (unpaired) electrons. The number of fused-ring (bicyclic) bond motifs is 9. The fourth-order valence-corrected chi connectivity index (χ4v) is 27.2. The number of aryl methyl sites for hydroxylation is 1. The maximum atomic E-state index is 13.6. The maximum absolute atomic E-state index is 13.6. The molecule has 5 saturated heterocycles. The van der Waals surface area contributed by atoms with Gasteiger partial charge in [0.05, 0.1) is 23.4 Å². The molecule has 19 rings (SSSR count). The lowest BCUT2D eigenvalue weighted by Gasteiger charge is -2.76. The highest BCUT2D eigenvalue weighted by Gasteiger charge is 2.80. The van der Waals surface area contributed by atoms with Crippen molar-refractivity contribution in [1.82, 2.24) is 30.9 Å². The molecule has 17 atom stereocenters. The summed E-state index contributed by atoms with van der Waals surface area (Å²) >= 11 is 0. The van der Waals surface area contributed by atoms with Gasteiger partial charge >= 0.3 is 0 Å². The molecule has 13 nitrogen and oxygen atoms in total. The van der Waals surface area contributed by atoms with Crippen LogP contribution in [0.4, 0.5) is 0 Å². The Hall–Kier alpha value is -6.43. The number of aromatic nitrogens is 3. The molecule has 15 heteroatoms. The van der Waals surface area contributed by atoms with Crippen LogP contribution in [0.1, 0.15) is 177 Å². The Kier molecular flexibility index (Phi) is 16.7. The second-order valence-corrected chi connectivity index (χ2v) is 35.3. The lowest BCUT2D eigenvalue weighted by molar-refractivity contribution is -0.228. The molecule has 99 heavy (non-hydrogen) atoms. The quantitative estimate of drug-likeness (QED) is 0.0252. The molecule has 518 valence electrons. The van der Waals surface area contributed by atoms with Crippen molar-refractivity contribution in [1.29, 1.82) is 0 Å². The van der Waals surface area contributed by atoms with Crippen LogP contribution in [0.3, 0.4) is 0 Å². The third kappa shape index (κ3) is 10.7. The summed E-state index contributed by atoms with van der Waals surface area (Å²) in [5, 5.41) is 83.0. The van der Waals surface area contributed by atoms with E-state index < -0.39 is 11.5 Å². The van der Waals surface area contributed by atoms with E-state index in [2.05, 4.69) is 133 Å². The van der Waals surface area contributed by atoms with Crippen LogP contribution in [0.15, 0.2) is 140 Å². The van der Waals surface area contributed by atoms with Crippen molar-refractivity contribution < 1.29 is 35.4 Å². The summed E-state index contributed by atoms with van der Waals surface area (Å²) in [5.41, 5.74) is 10.5. The fourth-order valence-electron chi connectivity index (χ4n) is 24.4. The summed E-state index contributed by atoms with van der Waals surface area (Å²) in [5.74, 6) is 3.75. The zero-order valence-electron chi connectivity index (χ0n) is 56.9. The molecule has 6 aliphatic heterocycles. The number of aliphatic hydroxyl groups excluding tert-OH is 1. The molecule has 8 heterocycles. The molecule has 6 aliphatic carbocycles. The number of aromatic amines is 2. The average Bonchev–Trinajstić information content (AvgIpc) is 1.57. The number of aromatic hydroxyl groups is 5. The standard InChI is InChI=1S/C84H98N6O7S2/c91-70-25-17-51(35-73(70)94)16-23-62-63-11-6-12-71(92)75(63)77(96)76(95)64(62)24-15-50-13-18-54(19-14-50)67-40-80-41-68-56(37-65(69(42-80)89-68)53-8-2-1-3-9-53)43-85-44-57(55-36-61(87-45-55)34-52-27-33-97-81(39-52)28-4-5-29-81)47-98-99-48-60-21-20-59-38-66(80)79(90-67)84(74-46-86-49-88-74)78-72(93)26-22-58-10-7-30-82(58,78)31-32-83(59,60)84/h1-3,6,8-9,11-14,16-19,22-23,25-26,35-37,45-46,49,52,57-60,65-69,72,78-79,85,87,89-96H,4-5,7,10,15,20-21,24,27-34,38-44,47-48H2,(H,86,88). The zero-order chi connectivity index (χ0) is 66.8. The number of allylic oxidation sites excluding steroid dienone is 1. The second kappa shape index (κ2) is 25.5. The van der Waals surface area contributed by atoms with Crippen molar-refractivity contribution in [2.45, 2.75) is 182 Å². The van der Waals surface area contributed by atoms with Crippen molar-refractivity contribution in [3.63, 3.8) is 0 Å². The minimum absolute atomic E-state index is 0.00107. The predicted molar refractivity (Wildman–Crippen MR) is 395 cm³/mol. The Morgan fingerprint density at radius 3 is 2.38 bits per heavy atom. The highest BCUT2D eigenvalue weighted by molar-refractivity contribution is 8.76. The Morgan fingerprint density at radius 2 is 1.54 bits per heavy atom. The van der Waals surface area contributed by atoms with Gasteiger partial charge in [-0.05, 0) is 224 Å². The number of H-pyrrole nitrogens is 2. The number of nitrogens with one attached hydrogen (secondary N) is 5. The molecule has 17 unspecified atom stereocenters. The monoisotopic (exact) mass is 1370 g/mol. The van der Waals surface area contributed by atoms with Crippen molar-refractivity contribution in [2.24, 2.45) is 51.8 Å². The molecule has 0 amide bonds. The van der Waals surface area contributed by atoms with E-state index in [-0.39, 0.29) is 92.0 Å². The molecule has 11 N–H and O–H groups in total. The first-order chi connectivity index (χ1) is 48.3. The van der Waals surface area contributed by atoms with E-state index in [4.69, 9.17) is 15.0 Å². The summed E-state index contributed by atoms with van der Waals surface area (Å²) in [6, 6.07) is 33.4. The Bertz CT molecular complexity index is 4250.